The Hall–Kier alpha value is -3.56. The van der Waals surface area contributed by atoms with E-state index in [1.807, 2.05) is 60.7 Å². The van der Waals surface area contributed by atoms with Crippen molar-refractivity contribution in [2.75, 3.05) is 19.6 Å². The third-order valence-corrected chi connectivity index (χ3v) is 8.58. The number of aliphatic hydroxyl groups is 1. The maximum atomic E-state index is 12.1. The summed E-state index contributed by atoms with van der Waals surface area (Å²) in [5, 5.41) is 21.2. The van der Waals surface area contributed by atoms with Crippen molar-refractivity contribution >= 4 is 11.9 Å². The summed E-state index contributed by atoms with van der Waals surface area (Å²) in [7, 11) is 0. The number of rotatable bonds is 11. The van der Waals surface area contributed by atoms with Crippen LogP contribution in [-0.4, -0.2) is 52.7 Å². The number of carboxylic acids is 1. The van der Waals surface area contributed by atoms with E-state index < -0.39 is 12.3 Å². The number of benzene rings is 3. The Morgan fingerprint density at radius 3 is 2.20 bits per heavy atom. The predicted molar refractivity (Wildman–Crippen MR) is 169 cm³/mol. The van der Waals surface area contributed by atoms with E-state index in [0.29, 0.717) is 6.54 Å². The van der Waals surface area contributed by atoms with Gasteiger partial charge in [0, 0.05) is 31.5 Å². The molecule has 0 bridgehead atoms. The minimum absolute atomic E-state index is 0.0156. The van der Waals surface area contributed by atoms with Crippen molar-refractivity contribution in [2.45, 2.75) is 83.0 Å². The van der Waals surface area contributed by atoms with Crippen molar-refractivity contribution in [2.24, 2.45) is 0 Å². The zero-order valence-electron chi connectivity index (χ0n) is 25.3. The van der Waals surface area contributed by atoms with Crippen LogP contribution < -0.4 is 5.32 Å². The molecule has 234 valence electrons. The zero-order valence-corrected chi connectivity index (χ0v) is 25.3. The Kier molecular flexibility index (Phi) is 11.5. The fraction of sp³-hybridized carbons (Fsp3) is 0.444. The van der Waals surface area contributed by atoms with Crippen LogP contribution in [0.2, 0.25) is 0 Å². The van der Waals surface area contributed by atoms with Crippen LogP contribution in [0.1, 0.15) is 86.0 Å². The summed E-state index contributed by atoms with van der Waals surface area (Å²) in [6, 6.07) is 24.1. The van der Waals surface area contributed by atoms with Crippen molar-refractivity contribution < 1.29 is 29.3 Å². The number of carbonyl (C=O) groups is 2. The molecule has 3 N–H and O–H groups in total. The number of nitrogens with zero attached hydrogens (tertiary/aromatic N) is 1. The van der Waals surface area contributed by atoms with Crippen LogP contribution in [0.4, 0.5) is 0 Å². The number of aliphatic hydroxyl groups excluding tert-OH is 1. The molecule has 0 saturated carbocycles. The lowest BCUT2D eigenvalue weighted by Crippen LogP contribution is -2.40. The molecule has 5 rings (SSSR count). The fourth-order valence-corrected chi connectivity index (χ4v) is 6.10. The highest BCUT2D eigenvalue weighted by Crippen LogP contribution is 2.39. The number of carbonyl (C=O) groups excluding carboxylic acids is 1. The normalized spacial score (nSPS) is 21.2. The summed E-state index contributed by atoms with van der Waals surface area (Å²) in [5.74, 6) is -1.27. The minimum Gasteiger partial charge on any atom is -0.481 e. The van der Waals surface area contributed by atoms with Gasteiger partial charge in [0.25, 0.3) is 0 Å². The number of nitrogens with one attached hydrogen (secondary N) is 1. The van der Waals surface area contributed by atoms with E-state index in [1.54, 1.807) is 0 Å². The standard InChI is InChI=1S/C36H44N2O6/c39-25-26-10-12-28(13-11-26)33-22-31(24-38-20-6-2-1-3-7-21-38)43-36(44-33)29-16-14-27(15-17-29)32-9-5-4-8-30(32)23-37-34(40)18-19-35(41)42/h4-5,8-17,31,33,36,39H,1-3,6-7,18-25H2,(H,37,40)(H,41,42)/t31-,33+,36+/m1/s1. The molecule has 2 saturated heterocycles. The van der Waals surface area contributed by atoms with Gasteiger partial charge in [-0.1, -0.05) is 92.1 Å². The van der Waals surface area contributed by atoms with Crippen molar-refractivity contribution in [1.82, 2.24) is 10.2 Å². The number of amides is 1. The third-order valence-electron chi connectivity index (χ3n) is 8.58. The molecule has 0 spiro atoms. The molecule has 0 radical (unpaired) electrons. The molecule has 44 heavy (non-hydrogen) atoms. The molecule has 8 heteroatoms. The lowest BCUT2D eigenvalue weighted by Gasteiger charge is -2.39. The van der Waals surface area contributed by atoms with Gasteiger partial charge in [0.15, 0.2) is 6.29 Å². The van der Waals surface area contributed by atoms with Crippen LogP contribution >= 0.6 is 0 Å². The van der Waals surface area contributed by atoms with Gasteiger partial charge in [0.1, 0.15) is 0 Å². The SMILES string of the molecule is O=C(O)CCC(=O)NCc1ccccc1-c1ccc([C@H]2O[C@@H](CN3CCCCCCC3)C[C@@H](c3ccc(CO)cc3)O2)cc1. The summed E-state index contributed by atoms with van der Waals surface area (Å²) < 4.78 is 13.2. The van der Waals surface area contributed by atoms with Crippen molar-refractivity contribution in [1.29, 1.82) is 0 Å². The molecule has 3 atom stereocenters. The number of carboxylic acid groups (broad SMARTS) is 1. The molecule has 1 amide bonds. The Morgan fingerprint density at radius 2 is 1.50 bits per heavy atom. The fourth-order valence-electron chi connectivity index (χ4n) is 6.10. The third kappa shape index (κ3) is 8.99. The molecule has 3 aromatic carbocycles. The molecular weight excluding hydrogens is 556 g/mol. The molecular formula is C36H44N2O6. The largest absolute Gasteiger partial charge is 0.481 e. The Bertz CT molecular complexity index is 1350. The highest BCUT2D eigenvalue weighted by Gasteiger charge is 2.33. The molecule has 0 aliphatic carbocycles. The van der Waals surface area contributed by atoms with Crippen LogP contribution in [0, 0.1) is 0 Å². The smallest absolute Gasteiger partial charge is 0.303 e. The van der Waals surface area contributed by atoms with E-state index in [4.69, 9.17) is 14.6 Å². The highest BCUT2D eigenvalue weighted by atomic mass is 16.7. The molecule has 0 unspecified atom stereocenters. The number of hydrogen-bond acceptors (Lipinski definition) is 6. The Labute approximate surface area is 260 Å². The molecule has 3 aromatic rings. The molecule has 8 nitrogen and oxygen atoms in total. The zero-order chi connectivity index (χ0) is 30.7. The van der Waals surface area contributed by atoms with Crippen LogP contribution in [0.3, 0.4) is 0 Å². The highest BCUT2D eigenvalue weighted by molar-refractivity contribution is 5.80. The number of likely N-dealkylation sites (tertiary alicyclic amines) is 1. The quantitative estimate of drug-likeness (QED) is 0.243. The van der Waals surface area contributed by atoms with E-state index in [1.165, 1.54) is 32.1 Å². The average molecular weight is 601 g/mol. The average Bonchev–Trinajstić information content (AvgIpc) is 3.04. The summed E-state index contributed by atoms with van der Waals surface area (Å²) in [6.45, 7) is 3.43. The van der Waals surface area contributed by atoms with Crippen LogP contribution in [-0.2, 0) is 32.2 Å². The monoisotopic (exact) mass is 600 g/mol. The van der Waals surface area contributed by atoms with Gasteiger partial charge in [0.05, 0.1) is 25.2 Å². The lowest BCUT2D eigenvalue weighted by atomic mass is 9.97. The Balaban J connectivity index is 1.31. The summed E-state index contributed by atoms with van der Waals surface area (Å²) in [4.78, 5) is 25.5. The second kappa shape index (κ2) is 16.0. The van der Waals surface area contributed by atoms with Gasteiger partial charge < -0.3 is 29.9 Å². The summed E-state index contributed by atoms with van der Waals surface area (Å²) in [5.41, 5.74) is 5.87. The molecule has 0 aromatic heterocycles. The number of hydrogen-bond donors (Lipinski definition) is 3. The van der Waals surface area contributed by atoms with E-state index >= 15 is 0 Å². The van der Waals surface area contributed by atoms with Crippen molar-refractivity contribution in [3.8, 4) is 11.1 Å². The second-order valence-corrected chi connectivity index (χ2v) is 11.9. The van der Waals surface area contributed by atoms with E-state index in [9.17, 15) is 14.7 Å². The summed E-state index contributed by atoms with van der Waals surface area (Å²) in [6.07, 6.45) is 6.32. The van der Waals surface area contributed by atoms with Gasteiger partial charge in [-0.3, -0.25) is 9.59 Å². The molecule has 2 heterocycles. The molecule has 2 aliphatic rings. The topological polar surface area (TPSA) is 108 Å². The number of aliphatic carboxylic acids is 1. The van der Waals surface area contributed by atoms with Crippen LogP contribution in [0.25, 0.3) is 11.1 Å². The van der Waals surface area contributed by atoms with Gasteiger partial charge in [-0.15, -0.1) is 0 Å². The molecule has 2 fully saturated rings. The van der Waals surface area contributed by atoms with Crippen LogP contribution in [0.15, 0.2) is 72.8 Å². The molecule has 2 aliphatic heterocycles. The van der Waals surface area contributed by atoms with Gasteiger partial charge in [-0.25, -0.2) is 0 Å². The van der Waals surface area contributed by atoms with Gasteiger partial charge >= 0.3 is 5.97 Å². The second-order valence-electron chi connectivity index (χ2n) is 11.9. The van der Waals surface area contributed by atoms with E-state index in [0.717, 1.165) is 59.4 Å². The van der Waals surface area contributed by atoms with Gasteiger partial charge in [0.2, 0.25) is 5.91 Å². The summed E-state index contributed by atoms with van der Waals surface area (Å²) >= 11 is 0. The first-order chi connectivity index (χ1) is 21.5. The van der Waals surface area contributed by atoms with Gasteiger partial charge in [-0.05, 0) is 53.7 Å². The first-order valence-corrected chi connectivity index (χ1v) is 15.9. The van der Waals surface area contributed by atoms with E-state index in [-0.39, 0.29) is 37.6 Å². The van der Waals surface area contributed by atoms with Crippen molar-refractivity contribution in [3.63, 3.8) is 0 Å². The van der Waals surface area contributed by atoms with Crippen LogP contribution in [0.5, 0.6) is 0 Å². The Morgan fingerprint density at radius 1 is 0.818 bits per heavy atom. The first-order valence-electron chi connectivity index (χ1n) is 15.9. The maximum Gasteiger partial charge on any atom is 0.303 e. The maximum absolute atomic E-state index is 12.1. The lowest BCUT2D eigenvalue weighted by molar-refractivity contribution is -0.253. The van der Waals surface area contributed by atoms with E-state index in [2.05, 4.69) is 22.3 Å². The number of ether oxygens (including phenoxy) is 2. The first kappa shape index (κ1) is 31.9. The van der Waals surface area contributed by atoms with Crippen molar-refractivity contribution in [3.05, 3.63) is 95.1 Å². The predicted octanol–water partition coefficient (Wildman–Crippen LogP) is 6.14. The van der Waals surface area contributed by atoms with Gasteiger partial charge in [-0.2, -0.15) is 0 Å². The minimum atomic E-state index is -0.985.